The summed E-state index contributed by atoms with van der Waals surface area (Å²) < 4.78 is 33.1. The van der Waals surface area contributed by atoms with E-state index in [1.807, 2.05) is 0 Å². The summed E-state index contributed by atoms with van der Waals surface area (Å²) in [6.45, 7) is 1.75. The molecule has 2 aromatic heterocycles. The Morgan fingerprint density at radius 1 is 1.44 bits per heavy atom. The van der Waals surface area contributed by atoms with Gasteiger partial charge in [0.1, 0.15) is 5.82 Å². The first-order chi connectivity index (χ1) is 8.52. The van der Waals surface area contributed by atoms with Crippen LogP contribution in [0.4, 0.5) is 8.78 Å². The number of hydrogen-bond acceptors (Lipinski definition) is 3. The number of rotatable bonds is 3. The van der Waals surface area contributed by atoms with Gasteiger partial charge in [0.2, 0.25) is 11.8 Å². The van der Waals surface area contributed by atoms with Crippen LogP contribution >= 0.6 is 15.9 Å². The molecule has 0 amide bonds. The predicted octanol–water partition coefficient (Wildman–Crippen LogP) is 2.94. The molecule has 96 valence electrons. The topological polar surface area (TPSA) is 39.9 Å². The van der Waals surface area contributed by atoms with Crippen LogP contribution in [-0.2, 0) is 0 Å². The Hall–Kier alpha value is -1.50. The lowest BCUT2D eigenvalue weighted by atomic mass is 10.1. The Bertz CT molecular complexity index is 554. The molecule has 2 heterocycles. The highest BCUT2D eigenvalue weighted by Gasteiger charge is 2.18. The minimum atomic E-state index is -0.620. The van der Waals surface area contributed by atoms with Gasteiger partial charge in [-0.3, -0.25) is 4.68 Å². The summed E-state index contributed by atoms with van der Waals surface area (Å²) in [5.41, 5.74) is 0.493. The van der Waals surface area contributed by atoms with Crippen LogP contribution in [0.3, 0.4) is 0 Å². The van der Waals surface area contributed by atoms with Crippen LogP contribution in [0.1, 0.15) is 18.5 Å². The molecule has 0 saturated carbocycles. The second kappa shape index (κ2) is 5.01. The summed E-state index contributed by atoms with van der Waals surface area (Å²) in [4.78, 5) is 3.83. The van der Waals surface area contributed by atoms with E-state index in [0.29, 0.717) is 5.56 Å². The van der Waals surface area contributed by atoms with Crippen LogP contribution < -0.4 is 4.74 Å². The summed E-state index contributed by atoms with van der Waals surface area (Å²) in [6.07, 6.45) is 2.54. The van der Waals surface area contributed by atoms with Gasteiger partial charge < -0.3 is 4.74 Å². The van der Waals surface area contributed by atoms with E-state index in [9.17, 15) is 8.78 Å². The van der Waals surface area contributed by atoms with Gasteiger partial charge in [0, 0.05) is 11.8 Å². The van der Waals surface area contributed by atoms with Crippen molar-refractivity contribution in [3.63, 3.8) is 0 Å². The van der Waals surface area contributed by atoms with Crippen molar-refractivity contribution >= 4 is 15.9 Å². The normalized spacial score (nSPS) is 12.5. The second-order valence-corrected chi connectivity index (χ2v) is 4.53. The Balaban J connectivity index is 2.44. The smallest absolute Gasteiger partial charge is 0.246 e. The molecular formula is C11H10BrF2N3O. The van der Waals surface area contributed by atoms with Crippen molar-refractivity contribution in [3.8, 4) is 5.88 Å². The molecule has 1 atom stereocenters. The molecule has 0 aliphatic rings. The summed E-state index contributed by atoms with van der Waals surface area (Å²) in [6, 6.07) is 0.897. The molecule has 0 aliphatic carbocycles. The van der Waals surface area contributed by atoms with Crippen molar-refractivity contribution in [3.05, 3.63) is 40.3 Å². The highest BCUT2D eigenvalue weighted by atomic mass is 79.9. The first kappa shape index (κ1) is 12.9. The maximum absolute atomic E-state index is 13.2. The van der Waals surface area contributed by atoms with Crippen molar-refractivity contribution in [2.75, 3.05) is 7.11 Å². The third-order valence-electron chi connectivity index (χ3n) is 2.53. The first-order valence-electron chi connectivity index (χ1n) is 5.12. The van der Waals surface area contributed by atoms with Crippen molar-refractivity contribution < 1.29 is 13.5 Å². The molecular weight excluding hydrogens is 308 g/mol. The van der Waals surface area contributed by atoms with Gasteiger partial charge in [0.15, 0.2) is 0 Å². The van der Waals surface area contributed by atoms with E-state index in [0.717, 1.165) is 6.20 Å². The summed E-state index contributed by atoms with van der Waals surface area (Å²) in [5, 5.41) is 3.69. The minimum Gasteiger partial charge on any atom is -0.481 e. The molecule has 0 fully saturated rings. The van der Waals surface area contributed by atoms with Gasteiger partial charge in [-0.05, 0) is 28.9 Å². The van der Waals surface area contributed by atoms with Crippen molar-refractivity contribution in [1.29, 1.82) is 0 Å². The average Bonchev–Trinajstić information content (AvgIpc) is 2.68. The Morgan fingerprint density at radius 3 is 2.72 bits per heavy atom. The standard InChI is InChI=1S/C11H10BrF2N3O/c1-6(17-5-9(12)10(14)16-17)8-3-7(13)4-15-11(8)18-2/h3-6H,1-2H3. The third-order valence-corrected chi connectivity index (χ3v) is 3.06. The van der Waals surface area contributed by atoms with E-state index in [2.05, 4.69) is 26.0 Å². The van der Waals surface area contributed by atoms with Gasteiger partial charge in [-0.15, -0.1) is 5.10 Å². The van der Waals surface area contributed by atoms with Crippen LogP contribution in [0.15, 0.2) is 22.9 Å². The van der Waals surface area contributed by atoms with Crippen molar-refractivity contribution in [1.82, 2.24) is 14.8 Å². The minimum absolute atomic E-state index is 0.248. The van der Waals surface area contributed by atoms with Gasteiger partial charge >= 0.3 is 0 Å². The van der Waals surface area contributed by atoms with Gasteiger partial charge in [-0.25, -0.2) is 9.37 Å². The highest BCUT2D eigenvalue weighted by molar-refractivity contribution is 9.10. The summed E-state index contributed by atoms with van der Waals surface area (Å²) in [5.74, 6) is -0.814. The molecule has 0 radical (unpaired) electrons. The number of methoxy groups -OCH3 is 1. The molecule has 0 aromatic carbocycles. The molecule has 4 nitrogen and oxygen atoms in total. The van der Waals surface area contributed by atoms with Gasteiger partial charge in [0.25, 0.3) is 0 Å². The lowest BCUT2D eigenvalue weighted by Gasteiger charge is -2.15. The monoisotopic (exact) mass is 317 g/mol. The molecule has 0 aliphatic heterocycles. The van der Waals surface area contributed by atoms with E-state index >= 15 is 0 Å². The van der Waals surface area contributed by atoms with Crippen LogP contribution in [0.2, 0.25) is 0 Å². The van der Waals surface area contributed by atoms with Gasteiger partial charge in [-0.2, -0.15) is 4.39 Å². The molecule has 0 N–H and O–H groups in total. The van der Waals surface area contributed by atoms with Gasteiger partial charge in [0.05, 0.1) is 23.8 Å². The highest BCUT2D eigenvalue weighted by Crippen LogP contribution is 2.27. The largest absolute Gasteiger partial charge is 0.481 e. The fourth-order valence-electron chi connectivity index (χ4n) is 1.60. The van der Waals surface area contributed by atoms with Crippen LogP contribution in [0.25, 0.3) is 0 Å². The van der Waals surface area contributed by atoms with E-state index in [1.165, 1.54) is 24.1 Å². The first-order valence-corrected chi connectivity index (χ1v) is 5.91. The number of ether oxygens (including phenoxy) is 1. The summed E-state index contributed by atoms with van der Waals surface area (Å²) in [7, 11) is 1.44. The quantitative estimate of drug-likeness (QED) is 0.873. The van der Waals surface area contributed by atoms with E-state index in [-0.39, 0.29) is 10.4 Å². The fraction of sp³-hybridized carbons (Fsp3) is 0.273. The van der Waals surface area contributed by atoms with Crippen molar-refractivity contribution in [2.24, 2.45) is 0 Å². The average molecular weight is 318 g/mol. The molecule has 0 bridgehead atoms. The number of pyridine rings is 1. The van der Waals surface area contributed by atoms with Gasteiger partial charge in [-0.1, -0.05) is 0 Å². The number of aromatic nitrogens is 3. The van der Waals surface area contributed by atoms with E-state index < -0.39 is 17.8 Å². The SMILES string of the molecule is COc1ncc(F)cc1C(C)n1cc(Br)c(F)n1. The van der Waals surface area contributed by atoms with Crippen LogP contribution in [-0.4, -0.2) is 21.9 Å². The van der Waals surface area contributed by atoms with Crippen LogP contribution in [0, 0.1) is 11.8 Å². The van der Waals surface area contributed by atoms with Crippen LogP contribution in [0.5, 0.6) is 5.88 Å². The molecule has 0 saturated heterocycles. The Kier molecular flexibility index (Phi) is 3.60. The zero-order valence-corrected chi connectivity index (χ0v) is 11.3. The fourth-order valence-corrected chi connectivity index (χ4v) is 1.89. The number of halogens is 3. The molecule has 7 heteroatoms. The lowest BCUT2D eigenvalue weighted by Crippen LogP contribution is -2.10. The molecule has 2 aromatic rings. The number of nitrogens with zero attached hydrogens (tertiary/aromatic N) is 3. The zero-order chi connectivity index (χ0) is 13.3. The molecule has 1 unspecified atom stereocenters. The molecule has 0 spiro atoms. The molecule has 18 heavy (non-hydrogen) atoms. The van der Waals surface area contributed by atoms with E-state index in [4.69, 9.17) is 4.74 Å². The zero-order valence-electron chi connectivity index (χ0n) is 9.69. The lowest BCUT2D eigenvalue weighted by molar-refractivity contribution is 0.379. The Labute approximate surface area is 111 Å². The predicted molar refractivity (Wildman–Crippen MR) is 64.4 cm³/mol. The maximum atomic E-state index is 13.2. The van der Waals surface area contributed by atoms with Crippen molar-refractivity contribution in [2.45, 2.75) is 13.0 Å². The second-order valence-electron chi connectivity index (χ2n) is 3.68. The Morgan fingerprint density at radius 2 is 2.17 bits per heavy atom. The number of hydrogen-bond donors (Lipinski definition) is 0. The maximum Gasteiger partial charge on any atom is 0.246 e. The summed E-state index contributed by atoms with van der Waals surface area (Å²) >= 11 is 3.03. The molecule has 2 rings (SSSR count). The third kappa shape index (κ3) is 2.35. The van der Waals surface area contributed by atoms with E-state index in [1.54, 1.807) is 6.92 Å².